The molecule has 8 heteroatoms. The van der Waals surface area contributed by atoms with Crippen LogP contribution >= 0.6 is 0 Å². The molecule has 0 unspecified atom stereocenters. The first-order valence-electron chi connectivity index (χ1n) is 6.82. The first-order valence-corrected chi connectivity index (χ1v) is 8.26. The van der Waals surface area contributed by atoms with Crippen molar-refractivity contribution in [2.75, 3.05) is 5.32 Å². The van der Waals surface area contributed by atoms with Crippen molar-refractivity contribution in [3.8, 4) is 0 Å². The average Bonchev–Trinajstić information content (AvgIpc) is 2.75. The monoisotopic (exact) mass is 331 g/mol. The molecule has 1 atom stereocenters. The van der Waals surface area contributed by atoms with Crippen molar-refractivity contribution in [3.05, 3.63) is 54.2 Å². The van der Waals surface area contributed by atoms with Crippen LogP contribution in [0.3, 0.4) is 0 Å². The molecule has 0 bridgehead atoms. The number of pyridine rings is 1. The maximum absolute atomic E-state index is 12.5. The van der Waals surface area contributed by atoms with E-state index in [0.717, 1.165) is 0 Å². The second-order valence-corrected chi connectivity index (χ2v) is 6.77. The van der Waals surface area contributed by atoms with Crippen molar-refractivity contribution < 1.29 is 18.0 Å². The Bertz CT molecular complexity index is 881. The molecule has 1 aliphatic heterocycles. The molecule has 23 heavy (non-hydrogen) atoms. The average molecular weight is 331 g/mol. The summed E-state index contributed by atoms with van der Waals surface area (Å²) < 4.78 is 25.6. The quantitative estimate of drug-likeness (QED) is 0.913. The van der Waals surface area contributed by atoms with Gasteiger partial charge in [-0.3, -0.25) is 9.59 Å². The number of sulfonamides is 1. The summed E-state index contributed by atoms with van der Waals surface area (Å²) in [4.78, 5) is 28.5. The molecule has 0 saturated carbocycles. The molecule has 0 aliphatic carbocycles. The van der Waals surface area contributed by atoms with Gasteiger partial charge in [0, 0.05) is 6.20 Å². The Morgan fingerprint density at radius 1 is 1.17 bits per heavy atom. The largest absolute Gasteiger partial charge is 0.309 e. The van der Waals surface area contributed by atoms with Gasteiger partial charge in [-0.05, 0) is 31.2 Å². The molecule has 0 saturated heterocycles. The minimum atomic E-state index is -4.03. The molecule has 2 heterocycles. The molecule has 1 N–H and O–H groups in total. The maximum Gasteiger partial charge on any atom is 0.269 e. The standard InChI is InChI=1S/C15H13N3O4S/c1-10(14(19)17-13-8-4-5-9-16-13)18-15(20)11-6-2-3-7-12(11)23(18,21)22/h2-10H,1H3,(H,16,17,19)/t10-/m0/s1. The van der Waals surface area contributed by atoms with Crippen LogP contribution in [0.2, 0.25) is 0 Å². The Morgan fingerprint density at radius 2 is 1.87 bits per heavy atom. The molecule has 2 aromatic rings. The molecule has 0 radical (unpaired) electrons. The van der Waals surface area contributed by atoms with Crippen LogP contribution in [0.1, 0.15) is 17.3 Å². The normalized spacial score (nSPS) is 16.7. The van der Waals surface area contributed by atoms with Gasteiger partial charge in [-0.2, -0.15) is 0 Å². The number of hydrogen-bond acceptors (Lipinski definition) is 5. The molecule has 2 amide bonds. The van der Waals surface area contributed by atoms with Crippen molar-refractivity contribution >= 4 is 27.7 Å². The summed E-state index contributed by atoms with van der Waals surface area (Å²) in [6.45, 7) is 1.36. The van der Waals surface area contributed by atoms with Gasteiger partial charge in [0.1, 0.15) is 16.8 Å². The van der Waals surface area contributed by atoms with E-state index >= 15 is 0 Å². The third kappa shape index (κ3) is 2.46. The Balaban J connectivity index is 1.90. The molecule has 0 fully saturated rings. The van der Waals surface area contributed by atoms with E-state index in [-0.39, 0.29) is 16.3 Å². The van der Waals surface area contributed by atoms with Crippen LogP contribution in [0.5, 0.6) is 0 Å². The fourth-order valence-electron chi connectivity index (χ4n) is 2.36. The summed E-state index contributed by atoms with van der Waals surface area (Å²) in [5.74, 6) is -1.05. The number of carbonyl (C=O) groups excluding carboxylic acids is 2. The lowest BCUT2D eigenvalue weighted by Crippen LogP contribution is -2.45. The van der Waals surface area contributed by atoms with Gasteiger partial charge < -0.3 is 5.32 Å². The van der Waals surface area contributed by atoms with Crippen LogP contribution in [-0.4, -0.2) is 35.6 Å². The number of nitrogens with one attached hydrogen (secondary N) is 1. The molecule has 7 nitrogen and oxygen atoms in total. The van der Waals surface area contributed by atoms with E-state index < -0.39 is 27.9 Å². The van der Waals surface area contributed by atoms with E-state index in [2.05, 4.69) is 10.3 Å². The Labute approximate surface area is 133 Å². The Morgan fingerprint density at radius 3 is 2.52 bits per heavy atom. The van der Waals surface area contributed by atoms with E-state index in [1.807, 2.05) is 0 Å². The first-order chi connectivity index (χ1) is 10.9. The van der Waals surface area contributed by atoms with Gasteiger partial charge in [0.25, 0.3) is 15.9 Å². The number of fused-ring (bicyclic) bond motifs is 1. The highest BCUT2D eigenvalue weighted by molar-refractivity contribution is 7.90. The molecule has 1 aromatic heterocycles. The number of hydrogen-bond donors (Lipinski definition) is 1. The predicted molar refractivity (Wildman–Crippen MR) is 82.1 cm³/mol. The second-order valence-electron chi connectivity index (χ2n) is 4.98. The van der Waals surface area contributed by atoms with E-state index in [0.29, 0.717) is 4.31 Å². The highest BCUT2D eigenvalue weighted by atomic mass is 32.2. The van der Waals surface area contributed by atoms with Crippen molar-refractivity contribution in [2.24, 2.45) is 0 Å². The van der Waals surface area contributed by atoms with E-state index in [1.165, 1.54) is 31.3 Å². The van der Waals surface area contributed by atoms with Crippen molar-refractivity contribution in [3.63, 3.8) is 0 Å². The summed E-state index contributed by atoms with van der Waals surface area (Å²) in [7, 11) is -4.03. The maximum atomic E-state index is 12.5. The van der Waals surface area contributed by atoms with Crippen molar-refractivity contribution in [1.29, 1.82) is 0 Å². The van der Waals surface area contributed by atoms with Crippen LogP contribution < -0.4 is 5.32 Å². The van der Waals surface area contributed by atoms with Crippen molar-refractivity contribution in [2.45, 2.75) is 17.9 Å². The van der Waals surface area contributed by atoms with Crippen LogP contribution in [0.25, 0.3) is 0 Å². The molecule has 118 valence electrons. The minimum Gasteiger partial charge on any atom is -0.309 e. The third-order valence-corrected chi connectivity index (χ3v) is 5.41. The molecule has 1 aliphatic rings. The van der Waals surface area contributed by atoms with E-state index in [9.17, 15) is 18.0 Å². The fourth-order valence-corrected chi connectivity index (χ4v) is 4.08. The number of benzene rings is 1. The summed E-state index contributed by atoms with van der Waals surface area (Å²) in [6, 6.07) is 9.64. The summed E-state index contributed by atoms with van der Waals surface area (Å²) in [6.07, 6.45) is 1.49. The van der Waals surface area contributed by atoms with Crippen LogP contribution in [0.15, 0.2) is 53.6 Å². The predicted octanol–water partition coefficient (Wildman–Crippen LogP) is 1.25. The van der Waals surface area contributed by atoms with E-state index in [4.69, 9.17) is 0 Å². The van der Waals surface area contributed by atoms with Gasteiger partial charge in [-0.15, -0.1) is 0 Å². The summed E-state index contributed by atoms with van der Waals surface area (Å²) in [5.41, 5.74) is 0.0741. The second kappa shape index (κ2) is 5.47. The van der Waals surface area contributed by atoms with Gasteiger partial charge in [-0.25, -0.2) is 17.7 Å². The van der Waals surface area contributed by atoms with Crippen LogP contribution in [0, 0.1) is 0 Å². The Kier molecular flexibility index (Phi) is 3.61. The van der Waals surface area contributed by atoms with Gasteiger partial charge in [-0.1, -0.05) is 18.2 Å². The number of anilines is 1. The lowest BCUT2D eigenvalue weighted by molar-refractivity contribution is -0.118. The van der Waals surface area contributed by atoms with Crippen LogP contribution in [0.4, 0.5) is 5.82 Å². The zero-order valence-electron chi connectivity index (χ0n) is 12.1. The number of amides is 2. The van der Waals surface area contributed by atoms with Gasteiger partial charge >= 0.3 is 0 Å². The number of rotatable bonds is 3. The SMILES string of the molecule is C[C@@H](C(=O)Nc1ccccn1)N1C(=O)c2ccccc2S1(=O)=O. The van der Waals surface area contributed by atoms with E-state index in [1.54, 1.807) is 24.3 Å². The molecular formula is C15H13N3O4S. The molecule has 0 spiro atoms. The highest BCUT2D eigenvalue weighted by Crippen LogP contribution is 2.31. The Hall–Kier alpha value is -2.74. The lowest BCUT2D eigenvalue weighted by Gasteiger charge is -2.22. The number of aromatic nitrogens is 1. The van der Waals surface area contributed by atoms with Crippen LogP contribution in [-0.2, 0) is 14.8 Å². The highest BCUT2D eigenvalue weighted by Gasteiger charge is 2.45. The molecular weight excluding hydrogens is 318 g/mol. The summed E-state index contributed by atoms with van der Waals surface area (Å²) >= 11 is 0. The smallest absolute Gasteiger partial charge is 0.269 e. The van der Waals surface area contributed by atoms with Gasteiger partial charge in [0.2, 0.25) is 5.91 Å². The van der Waals surface area contributed by atoms with Gasteiger partial charge in [0.15, 0.2) is 0 Å². The first kappa shape index (κ1) is 15.2. The number of nitrogens with zero attached hydrogens (tertiary/aromatic N) is 2. The lowest BCUT2D eigenvalue weighted by atomic mass is 10.2. The molecule has 3 rings (SSSR count). The van der Waals surface area contributed by atoms with Gasteiger partial charge in [0.05, 0.1) is 5.56 Å². The fraction of sp³-hybridized carbons (Fsp3) is 0.133. The zero-order valence-corrected chi connectivity index (χ0v) is 12.9. The number of carbonyl (C=O) groups is 2. The minimum absolute atomic E-state index is 0.0741. The van der Waals surface area contributed by atoms with Crippen molar-refractivity contribution in [1.82, 2.24) is 9.29 Å². The third-order valence-electron chi connectivity index (χ3n) is 3.50. The molecule has 1 aromatic carbocycles. The zero-order chi connectivity index (χ0) is 16.6. The summed E-state index contributed by atoms with van der Waals surface area (Å²) in [5, 5.41) is 2.50. The topological polar surface area (TPSA) is 96.4 Å².